The molecule has 0 bridgehead atoms. The van der Waals surface area contributed by atoms with Crippen LogP contribution in [0.2, 0.25) is 6.32 Å². The zero-order valence-corrected chi connectivity index (χ0v) is 24.8. The average Bonchev–Trinajstić information content (AvgIpc) is 3.33. The first-order chi connectivity index (χ1) is 21.9. The zero-order valence-electron chi connectivity index (χ0n) is 24.8. The molecule has 2 saturated heterocycles. The van der Waals surface area contributed by atoms with Crippen molar-refractivity contribution in [2.75, 3.05) is 11.5 Å². The Morgan fingerprint density at radius 2 is 1.56 bits per heavy atom. The molecular formula is C37H34BNO6. The third-order valence-electron chi connectivity index (χ3n) is 9.60. The maximum atomic E-state index is 13.9. The van der Waals surface area contributed by atoms with Gasteiger partial charge in [-0.15, -0.1) is 0 Å². The molecule has 45 heavy (non-hydrogen) atoms. The van der Waals surface area contributed by atoms with Gasteiger partial charge in [-0.25, -0.2) is 0 Å². The van der Waals surface area contributed by atoms with E-state index in [1.54, 1.807) is 30.3 Å². The summed E-state index contributed by atoms with van der Waals surface area (Å²) in [5.41, 5.74) is 5.17. The van der Waals surface area contributed by atoms with Crippen molar-refractivity contribution in [3.8, 4) is 5.75 Å². The highest BCUT2D eigenvalue weighted by molar-refractivity contribution is 6.43. The van der Waals surface area contributed by atoms with Gasteiger partial charge in [0.05, 0.1) is 30.2 Å². The van der Waals surface area contributed by atoms with E-state index >= 15 is 0 Å². The van der Waals surface area contributed by atoms with E-state index < -0.39 is 31.0 Å². The van der Waals surface area contributed by atoms with Crippen LogP contribution in [0.1, 0.15) is 30.4 Å². The van der Waals surface area contributed by atoms with Crippen molar-refractivity contribution in [3.05, 3.63) is 119 Å². The summed E-state index contributed by atoms with van der Waals surface area (Å²) in [5.74, 6) is -1.89. The van der Waals surface area contributed by atoms with Gasteiger partial charge in [0.1, 0.15) is 5.75 Å². The minimum absolute atomic E-state index is 0.193. The molecule has 7 nitrogen and oxygen atoms in total. The Hall–Kier alpha value is -4.50. The van der Waals surface area contributed by atoms with Crippen LogP contribution in [0.3, 0.4) is 0 Å². The standard InChI is InChI=1S/C37H34BNO6/c40-22-26-20-30-35(37(43)39(36(30)42)27-11-5-2-6-12-27)31-21-38(44)45-33(34(26)31)18-16-24(23-9-3-1-4-10-23)19-25-15-17-32(41)29-14-8-7-13-28(25)29/h1-15,17,19,30-31,33,35,40-41,44H,16,18,20-22H2/b24-19-/t30-,31+,33-,35-/m1/s1. The summed E-state index contributed by atoms with van der Waals surface area (Å²) in [6.45, 7) is -0.237. The maximum Gasteiger partial charge on any atom is 0.455 e. The van der Waals surface area contributed by atoms with Gasteiger partial charge in [-0.05, 0) is 82.9 Å². The minimum Gasteiger partial charge on any atom is -0.507 e. The number of aliphatic hydroxyl groups excluding tert-OH is 1. The minimum atomic E-state index is -1.10. The fourth-order valence-corrected chi connectivity index (χ4v) is 7.60. The Balaban J connectivity index is 1.23. The first-order valence-electron chi connectivity index (χ1n) is 15.5. The number of allylic oxidation sites excluding steroid dienone is 1. The number of aliphatic hydroxyl groups is 1. The van der Waals surface area contributed by atoms with Gasteiger partial charge >= 0.3 is 7.12 Å². The molecule has 4 aromatic carbocycles. The molecule has 4 aromatic rings. The number of carbonyl (C=O) groups is 2. The second-order valence-electron chi connectivity index (χ2n) is 12.1. The van der Waals surface area contributed by atoms with Crippen molar-refractivity contribution in [3.63, 3.8) is 0 Å². The number of phenols is 1. The first kappa shape index (κ1) is 29.2. The number of phenolic OH excluding ortho intramolecular Hbond substituents is 1. The lowest BCUT2D eigenvalue weighted by atomic mass is 9.58. The number of hydrogen-bond donors (Lipinski definition) is 3. The van der Waals surface area contributed by atoms with Crippen LogP contribution >= 0.6 is 0 Å². The van der Waals surface area contributed by atoms with Crippen molar-refractivity contribution in [2.24, 2.45) is 17.8 Å². The molecule has 2 aliphatic heterocycles. The van der Waals surface area contributed by atoms with E-state index in [-0.39, 0.29) is 36.9 Å². The molecule has 1 aliphatic carbocycles. The fraction of sp³-hybridized carbons (Fsp3) is 0.243. The van der Waals surface area contributed by atoms with Crippen LogP contribution in [-0.4, -0.2) is 46.9 Å². The average molecular weight is 599 g/mol. The number of carbonyl (C=O) groups excluding carboxylic acids is 2. The Labute approximate surface area is 262 Å². The molecule has 8 heteroatoms. The van der Waals surface area contributed by atoms with Crippen LogP contribution in [0, 0.1) is 17.8 Å². The van der Waals surface area contributed by atoms with Crippen LogP contribution in [0.15, 0.2) is 108 Å². The van der Waals surface area contributed by atoms with Crippen LogP contribution in [0.5, 0.6) is 5.75 Å². The van der Waals surface area contributed by atoms with Gasteiger partial charge in [0, 0.05) is 5.39 Å². The van der Waals surface area contributed by atoms with Crippen LogP contribution in [0.4, 0.5) is 5.69 Å². The summed E-state index contributed by atoms with van der Waals surface area (Å²) in [6.07, 6.45) is 3.17. The lowest BCUT2D eigenvalue weighted by Gasteiger charge is -2.43. The fourth-order valence-electron chi connectivity index (χ4n) is 7.60. The highest BCUT2D eigenvalue weighted by atomic mass is 16.5. The zero-order chi connectivity index (χ0) is 31.1. The summed E-state index contributed by atoms with van der Waals surface area (Å²) in [6, 6.07) is 30.4. The van der Waals surface area contributed by atoms with Gasteiger partial charge < -0.3 is 19.9 Å². The summed E-state index contributed by atoms with van der Waals surface area (Å²) in [5, 5.41) is 33.6. The molecule has 0 aromatic heterocycles. The molecule has 7 rings (SSSR count). The highest BCUT2D eigenvalue weighted by Crippen LogP contribution is 2.51. The van der Waals surface area contributed by atoms with Crippen molar-refractivity contribution in [2.45, 2.75) is 31.7 Å². The summed E-state index contributed by atoms with van der Waals surface area (Å²) in [4.78, 5) is 28.7. The van der Waals surface area contributed by atoms with Gasteiger partial charge in [-0.2, -0.15) is 0 Å². The molecule has 0 radical (unpaired) electrons. The van der Waals surface area contributed by atoms with Gasteiger partial charge in [0.15, 0.2) is 0 Å². The second kappa shape index (κ2) is 12.1. The number of amides is 2. The van der Waals surface area contributed by atoms with Gasteiger partial charge in [-0.1, -0.05) is 84.9 Å². The van der Waals surface area contributed by atoms with Gasteiger partial charge in [0.25, 0.3) is 0 Å². The number of para-hydroxylation sites is 1. The molecule has 0 unspecified atom stereocenters. The maximum absolute atomic E-state index is 13.9. The molecule has 3 N–H and O–H groups in total. The van der Waals surface area contributed by atoms with E-state index in [0.29, 0.717) is 18.5 Å². The smallest absolute Gasteiger partial charge is 0.455 e. The Bertz CT molecular complexity index is 1820. The van der Waals surface area contributed by atoms with Gasteiger partial charge in [0.2, 0.25) is 11.8 Å². The van der Waals surface area contributed by atoms with Crippen molar-refractivity contribution < 1.29 is 29.5 Å². The monoisotopic (exact) mass is 599 g/mol. The number of anilines is 1. The summed E-state index contributed by atoms with van der Waals surface area (Å²) >= 11 is 0. The van der Waals surface area contributed by atoms with Crippen LogP contribution in [-0.2, 0) is 14.2 Å². The van der Waals surface area contributed by atoms with E-state index in [0.717, 1.165) is 38.6 Å². The summed E-state index contributed by atoms with van der Waals surface area (Å²) in [7, 11) is -1.10. The molecule has 226 valence electrons. The van der Waals surface area contributed by atoms with Crippen molar-refractivity contribution in [1.82, 2.24) is 0 Å². The molecule has 0 spiro atoms. The van der Waals surface area contributed by atoms with E-state index in [9.17, 15) is 24.8 Å². The third-order valence-corrected chi connectivity index (χ3v) is 9.60. The van der Waals surface area contributed by atoms with Gasteiger partial charge in [-0.3, -0.25) is 14.5 Å². The van der Waals surface area contributed by atoms with E-state index in [2.05, 4.69) is 18.2 Å². The second-order valence-corrected chi connectivity index (χ2v) is 12.1. The van der Waals surface area contributed by atoms with Crippen molar-refractivity contribution in [1.29, 1.82) is 0 Å². The SMILES string of the molecule is O=C1[C@@H]2[C@@H](CC(CO)=C3[C@@H](CC/C(=C/c4ccc(O)c5ccccc45)c4ccccc4)OB(O)C[C@@H]32)C(=O)N1c1ccccc1. The number of imide groups is 1. The number of rotatable bonds is 7. The lowest BCUT2D eigenvalue weighted by Crippen LogP contribution is -2.46. The third kappa shape index (κ3) is 5.29. The normalized spacial score (nSPS) is 23.5. The molecule has 0 saturated carbocycles. The largest absolute Gasteiger partial charge is 0.507 e. The van der Waals surface area contributed by atoms with E-state index in [4.69, 9.17) is 4.65 Å². The number of aromatic hydroxyl groups is 1. The topological polar surface area (TPSA) is 107 Å². The number of fused-ring (bicyclic) bond motifs is 4. The van der Waals surface area contributed by atoms with E-state index in [1.807, 2.05) is 54.6 Å². The number of nitrogens with zero attached hydrogens (tertiary/aromatic N) is 1. The molecule has 2 heterocycles. The molecule has 2 amide bonds. The van der Waals surface area contributed by atoms with Crippen LogP contribution in [0.25, 0.3) is 22.4 Å². The number of benzene rings is 4. The molecular weight excluding hydrogens is 565 g/mol. The van der Waals surface area contributed by atoms with Crippen molar-refractivity contribution >= 4 is 47.0 Å². The highest BCUT2D eigenvalue weighted by Gasteiger charge is 2.57. The Kier molecular flexibility index (Phi) is 7.88. The quantitative estimate of drug-likeness (QED) is 0.106. The predicted octanol–water partition coefficient (Wildman–Crippen LogP) is 5.86. The summed E-state index contributed by atoms with van der Waals surface area (Å²) < 4.78 is 6.15. The number of hydrogen-bond acceptors (Lipinski definition) is 6. The van der Waals surface area contributed by atoms with E-state index in [1.165, 1.54) is 4.90 Å². The first-order valence-corrected chi connectivity index (χ1v) is 15.5. The Morgan fingerprint density at radius 3 is 2.29 bits per heavy atom. The van der Waals surface area contributed by atoms with Crippen LogP contribution < -0.4 is 4.90 Å². The predicted molar refractivity (Wildman–Crippen MR) is 175 cm³/mol. The molecule has 2 fully saturated rings. The lowest BCUT2D eigenvalue weighted by molar-refractivity contribution is -0.122. The molecule has 3 aliphatic rings. The Morgan fingerprint density at radius 1 is 0.867 bits per heavy atom. The molecule has 4 atom stereocenters.